The van der Waals surface area contributed by atoms with Crippen molar-refractivity contribution in [2.24, 2.45) is 0 Å². The molecule has 0 bridgehead atoms. The fraction of sp³-hybridized carbons (Fsp3) is 0.857. The number of hydrogen-bond acceptors (Lipinski definition) is 1. The number of nitrogens with zero attached hydrogens (tertiary/aromatic N) is 1. The van der Waals surface area contributed by atoms with Crippen LogP contribution < -0.4 is 0 Å². The van der Waals surface area contributed by atoms with E-state index in [4.69, 9.17) is 0 Å². The Morgan fingerprint density at radius 1 is 1.38 bits per heavy atom. The first-order chi connectivity index (χ1) is 3.81. The lowest BCUT2D eigenvalue weighted by molar-refractivity contribution is 0.358. The molecule has 2 unspecified atom stereocenters. The minimum absolute atomic E-state index is 0.429. The molecule has 2 rings (SSSR count). The third-order valence-electron chi connectivity index (χ3n) is 2.37. The molecular weight excluding hydrogens is 98.1 g/mol. The molecule has 2 fully saturated rings. The zero-order valence-corrected chi connectivity index (χ0v) is 5.19. The SMILES string of the molecule is [CH2]C12CCCCN1C2. The van der Waals surface area contributed by atoms with Crippen LogP contribution in [0.5, 0.6) is 0 Å². The number of hydrogen-bond donors (Lipinski definition) is 0. The van der Waals surface area contributed by atoms with Crippen molar-refractivity contribution in [2.45, 2.75) is 24.8 Å². The maximum atomic E-state index is 4.13. The van der Waals surface area contributed by atoms with Crippen molar-refractivity contribution in [3.05, 3.63) is 6.92 Å². The van der Waals surface area contributed by atoms with Gasteiger partial charge in [0.05, 0.1) is 0 Å². The van der Waals surface area contributed by atoms with E-state index in [-0.39, 0.29) is 0 Å². The van der Waals surface area contributed by atoms with Crippen molar-refractivity contribution in [1.29, 1.82) is 0 Å². The van der Waals surface area contributed by atoms with Crippen molar-refractivity contribution >= 4 is 0 Å². The summed E-state index contributed by atoms with van der Waals surface area (Å²) in [5.74, 6) is 0. The van der Waals surface area contributed by atoms with Crippen LogP contribution in [0.15, 0.2) is 0 Å². The van der Waals surface area contributed by atoms with Gasteiger partial charge in [-0.05, 0) is 26.3 Å². The van der Waals surface area contributed by atoms with E-state index in [1.807, 2.05) is 0 Å². The lowest BCUT2D eigenvalue weighted by Gasteiger charge is -2.16. The summed E-state index contributed by atoms with van der Waals surface area (Å²) in [6.07, 6.45) is 4.14. The maximum Gasteiger partial charge on any atom is 0.0338 e. The molecule has 2 aliphatic rings. The van der Waals surface area contributed by atoms with Crippen molar-refractivity contribution in [3.63, 3.8) is 0 Å². The standard InChI is InChI=1S/C7H12N/c1-7-4-2-3-5-8(7)6-7/h1-6H2. The Kier molecular flexibility index (Phi) is 0.762. The van der Waals surface area contributed by atoms with E-state index < -0.39 is 0 Å². The fourth-order valence-corrected chi connectivity index (χ4v) is 1.63. The van der Waals surface area contributed by atoms with Crippen LogP contribution in [0.25, 0.3) is 0 Å². The molecule has 0 aromatic rings. The van der Waals surface area contributed by atoms with Gasteiger partial charge < -0.3 is 0 Å². The van der Waals surface area contributed by atoms with Crippen LogP contribution in [0.2, 0.25) is 0 Å². The summed E-state index contributed by atoms with van der Waals surface area (Å²) in [5.41, 5.74) is 0.429. The molecule has 2 atom stereocenters. The summed E-state index contributed by atoms with van der Waals surface area (Å²) < 4.78 is 0. The van der Waals surface area contributed by atoms with Crippen molar-refractivity contribution < 1.29 is 0 Å². The highest BCUT2D eigenvalue weighted by molar-refractivity contribution is 5.10. The fourth-order valence-electron chi connectivity index (χ4n) is 1.63. The Hall–Kier alpha value is -0.0400. The molecule has 0 amide bonds. The summed E-state index contributed by atoms with van der Waals surface area (Å²) in [7, 11) is 0. The monoisotopic (exact) mass is 110 g/mol. The molecule has 1 radical (unpaired) electrons. The first-order valence-corrected chi connectivity index (χ1v) is 3.42. The first-order valence-electron chi connectivity index (χ1n) is 3.42. The van der Waals surface area contributed by atoms with E-state index in [2.05, 4.69) is 11.8 Å². The summed E-state index contributed by atoms with van der Waals surface area (Å²) in [4.78, 5) is 2.47. The average molecular weight is 110 g/mol. The van der Waals surface area contributed by atoms with Gasteiger partial charge in [-0.3, -0.25) is 4.90 Å². The topological polar surface area (TPSA) is 3.01 Å². The summed E-state index contributed by atoms with van der Waals surface area (Å²) in [6.45, 7) is 6.71. The lowest BCUT2D eigenvalue weighted by Crippen LogP contribution is -2.20. The molecule has 1 nitrogen and oxygen atoms in total. The van der Waals surface area contributed by atoms with E-state index in [1.165, 1.54) is 32.4 Å². The molecule has 0 aliphatic carbocycles. The second-order valence-corrected chi connectivity index (χ2v) is 3.10. The highest BCUT2D eigenvalue weighted by atomic mass is 15.4. The van der Waals surface area contributed by atoms with Crippen molar-refractivity contribution in [1.82, 2.24) is 4.90 Å². The van der Waals surface area contributed by atoms with E-state index in [1.54, 1.807) is 0 Å². The highest BCUT2D eigenvalue weighted by Gasteiger charge is 2.48. The molecule has 2 saturated heterocycles. The molecule has 1 heteroatoms. The van der Waals surface area contributed by atoms with Gasteiger partial charge in [-0.15, -0.1) is 0 Å². The summed E-state index contributed by atoms with van der Waals surface area (Å²) in [5, 5.41) is 0. The quantitative estimate of drug-likeness (QED) is 0.421. The maximum absolute atomic E-state index is 4.13. The molecule has 0 N–H and O–H groups in total. The van der Waals surface area contributed by atoms with Gasteiger partial charge in [0.25, 0.3) is 0 Å². The number of fused-ring (bicyclic) bond motifs is 1. The van der Waals surface area contributed by atoms with Crippen molar-refractivity contribution in [3.8, 4) is 0 Å². The first kappa shape index (κ1) is 4.80. The number of piperidine rings is 1. The van der Waals surface area contributed by atoms with Crippen LogP contribution in [0, 0.1) is 6.92 Å². The van der Waals surface area contributed by atoms with Crippen LogP contribution in [0.4, 0.5) is 0 Å². The van der Waals surface area contributed by atoms with Gasteiger partial charge in [0, 0.05) is 12.1 Å². The van der Waals surface area contributed by atoms with Gasteiger partial charge in [-0.25, -0.2) is 0 Å². The predicted octanol–water partition coefficient (Wildman–Crippen LogP) is 1.06. The Morgan fingerprint density at radius 2 is 2.25 bits per heavy atom. The molecule has 0 aromatic carbocycles. The predicted molar refractivity (Wildman–Crippen MR) is 33.5 cm³/mol. The minimum atomic E-state index is 0.429. The molecule has 2 heterocycles. The highest BCUT2D eigenvalue weighted by Crippen LogP contribution is 2.39. The molecular formula is C7H12N. The molecule has 45 valence electrons. The lowest BCUT2D eigenvalue weighted by atomic mass is 10.0. The molecule has 0 spiro atoms. The van der Waals surface area contributed by atoms with Gasteiger partial charge in [0.15, 0.2) is 0 Å². The third kappa shape index (κ3) is 0.510. The van der Waals surface area contributed by atoms with Gasteiger partial charge >= 0.3 is 0 Å². The third-order valence-corrected chi connectivity index (χ3v) is 2.37. The van der Waals surface area contributed by atoms with Crippen LogP contribution in [-0.2, 0) is 0 Å². The van der Waals surface area contributed by atoms with E-state index >= 15 is 0 Å². The Bertz CT molecular complexity index is 109. The molecule has 2 aliphatic heterocycles. The Morgan fingerprint density at radius 3 is 2.75 bits per heavy atom. The van der Waals surface area contributed by atoms with Crippen LogP contribution in [0.3, 0.4) is 0 Å². The van der Waals surface area contributed by atoms with Crippen LogP contribution in [-0.4, -0.2) is 23.5 Å². The van der Waals surface area contributed by atoms with Crippen LogP contribution in [0.1, 0.15) is 19.3 Å². The van der Waals surface area contributed by atoms with E-state index in [0.29, 0.717) is 5.54 Å². The Balaban J connectivity index is 2.04. The zero-order valence-electron chi connectivity index (χ0n) is 5.19. The van der Waals surface area contributed by atoms with E-state index in [9.17, 15) is 0 Å². The van der Waals surface area contributed by atoms with Gasteiger partial charge in [0.1, 0.15) is 0 Å². The average Bonchev–Trinajstić information content (AvgIpc) is 2.39. The second-order valence-electron chi connectivity index (χ2n) is 3.10. The molecule has 0 saturated carbocycles. The summed E-state index contributed by atoms with van der Waals surface area (Å²) in [6, 6.07) is 0. The van der Waals surface area contributed by atoms with Crippen molar-refractivity contribution in [2.75, 3.05) is 13.1 Å². The van der Waals surface area contributed by atoms with Crippen LogP contribution >= 0.6 is 0 Å². The number of rotatable bonds is 0. The van der Waals surface area contributed by atoms with Gasteiger partial charge in [-0.2, -0.15) is 0 Å². The second kappa shape index (κ2) is 1.27. The summed E-state index contributed by atoms with van der Waals surface area (Å²) >= 11 is 0. The van der Waals surface area contributed by atoms with Gasteiger partial charge in [0.2, 0.25) is 0 Å². The smallest absolute Gasteiger partial charge is 0.0338 e. The Labute approximate surface area is 50.7 Å². The molecule has 8 heavy (non-hydrogen) atoms. The largest absolute Gasteiger partial charge is 0.295 e. The van der Waals surface area contributed by atoms with E-state index in [0.717, 1.165) is 0 Å². The molecule has 0 aromatic heterocycles. The normalized spacial score (nSPS) is 52.9. The van der Waals surface area contributed by atoms with Gasteiger partial charge in [-0.1, -0.05) is 6.42 Å². The zero-order chi connectivity index (χ0) is 5.61. The minimum Gasteiger partial charge on any atom is -0.295 e.